The van der Waals surface area contributed by atoms with Gasteiger partial charge in [-0.3, -0.25) is 0 Å². The van der Waals surface area contributed by atoms with E-state index < -0.39 is 12.6 Å². The molecule has 0 aromatic heterocycles. The van der Waals surface area contributed by atoms with E-state index in [1.165, 1.54) is 0 Å². The van der Waals surface area contributed by atoms with Crippen LogP contribution in [-0.2, 0) is 0 Å². The first-order chi connectivity index (χ1) is 6.45. The summed E-state index contributed by atoms with van der Waals surface area (Å²) in [5, 5.41) is 3.20. The van der Waals surface area contributed by atoms with Gasteiger partial charge in [0, 0.05) is 12.5 Å². The quantitative estimate of drug-likeness (QED) is 0.635. The van der Waals surface area contributed by atoms with Gasteiger partial charge in [0.1, 0.15) is 0 Å². The highest BCUT2D eigenvalue weighted by Crippen LogP contribution is 2.22. The molecular formula is C10H20F3N. The summed E-state index contributed by atoms with van der Waals surface area (Å²) in [4.78, 5) is 0. The molecule has 0 saturated carbocycles. The third-order valence-electron chi connectivity index (χ3n) is 2.12. The third-order valence-corrected chi connectivity index (χ3v) is 2.12. The molecular weight excluding hydrogens is 191 g/mol. The van der Waals surface area contributed by atoms with E-state index >= 15 is 0 Å². The smallest absolute Gasteiger partial charge is 0.314 e. The summed E-state index contributed by atoms with van der Waals surface area (Å²) >= 11 is 0. The second-order valence-electron chi connectivity index (χ2n) is 3.72. The summed E-state index contributed by atoms with van der Waals surface area (Å²) in [6.07, 6.45) is -1.63. The summed E-state index contributed by atoms with van der Waals surface area (Å²) in [7, 11) is 0. The minimum absolute atomic E-state index is 0.198. The van der Waals surface area contributed by atoms with Crippen LogP contribution in [0.4, 0.5) is 13.2 Å². The van der Waals surface area contributed by atoms with Gasteiger partial charge in [0.15, 0.2) is 0 Å². The molecule has 0 radical (unpaired) electrons. The van der Waals surface area contributed by atoms with Crippen molar-refractivity contribution >= 4 is 0 Å². The largest absolute Gasteiger partial charge is 0.389 e. The SMILES string of the molecule is CCCCNC(C)CCCC(F)(F)F. The molecule has 14 heavy (non-hydrogen) atoms. The van der Waals surface area contributed by atoms with Crippen molar-refractivity contribution in [2.24, 2.45) is 0 Å². The fourth-order valence-corrected chi connectivity index (χ4v) is 1.24. The Morgan fingerprint density at radius 1 is 1.21 bits per heavy atom. The highest BCUT2D eigenvalue weighted by atomic mass is 19.4. The van der Waals surface area contributed by atoms with Crippen molar-refractivity contribution in [3.05, 3.63) is 0 Å². The van der Waals surface area contributed by atoms with Gasteiger partial charge in [-0.1, -0.05) is 13.3 Å². The molecule has 86 valence electrons. The number of hydrogen-bond acceptors (Lipinski definition) is 1. The molecule has 0 amide bonds. The molecule has 4 heteroatoms. The zero-order chi connectivity index (χ0) is 11.0. The minimum atomic E-state index is -4.00. The van der Waals surface area contributed by atoms with E-state index in [1.54, 1.807) is 0 Å². The predicted octanol–water partition coefficient (Wildman–Crippen LogP) is 3.50. The summed E-state index contributed by atoms with van der Waals surface area (Å²) < 4.78 is 35.4. The Labute approximate surface area is 84.1 Å². The zero-order valence-electron chi connectivity index (χ0n) is 8.95. The van der Waals surface area contributed by atoms with Crippen LogP contribution in [0.2, 0.25) is 0 Å². The van der Waals surface area contributed by atoms with Crippen LogP contribution in [0.25, 0.3) is 0 Å². The Hall–Kier alpha value is -0.250. The van der Waals surface area contributed by atoms with E-state index in [1.807, 2.05) is 6.92 Å². The van der Waals surface area contributed by atoms with Crippen LogP contribution >= 0.6 is 0 Å². The van der Waals surface area contributed by atoms with Gasteiger partial charge in [-0.25, -0.2) is 0 Å². The average Bonchev–Trinajstić information content (AvgIpc) is 2.02. The van der Waals surface area contributed by atoms with Crippen LogP contribution in [-0.4, -0.2) is 18.8 Å². The molecule has 0 saturated heterocycles. The van der Waals surface area contributed by atoms with E-state index in [0.717, 1.165) is 19.4 Å². The zero-order valence-corrected chi connectivity index (χ0v) is 8.95. The van der Waals surface area contributed by atoms with E-state index in [-0.39, 0.29) is 12.5 Å². The van der Waals surface area contributed by atoms with Gasteiger partial charge in [0.2, 0.25) is 0 Å². The lowest BCUT2D eigenvalue weighted by Crippen LogP contribution is -2.27. The summed E-state index contributed by atoms with van der Waals surface area (Å²) in [6.45, 7) is 4.94. The maximum absolute atomic E-state index is 11.8. The van der Waals surface area contributed by atoms with Gasteiger partial charge in [0.25, 0.3) is 0 Å². The molecule has 0 aliphatic rings. The van der Waals surface area contributed by atoms with Crippen LogP contribution in [0.5, 0.6) is 0 Å². The van der Waals surface area contributed by atoms with Crippen molar-refractivity contribution in [3.8, 4) is 0 Å². The van der Waals surface area contributed by atoms with E-state index in [2.05, 4.69) is 12.2 Å². The van der Waals surface area contributed by atoms with Gasteiger partial charge in [-0.15, -0.1) is 0 Å². The molecule has 0 aromatic carbocycles. The lowest BCUT2D eigenvalue weighted by atomic mass is 10.1. The highest BCUT2D eigenvalue weighted by Gasteiger charge is 2.26. The average molecular weight is 211 g/mol. The van der Waals surface area contributed by atoms with Crippen molar-refractivity contribution in [2.45, 2.75) is 58.2 Å². The molecule has 1 atom stereocenters. The summed E-state index contributed by atoms with van der Waals surface area (Å²) in [6, 6.07) is 0.198. The first-order valence-corrected chi connectivity index (χ1v) is 5.26. The topological polar surface area (TPSA) is 12.0 Å². The maximum atomic E-state index is 11.8. The van der Waals surface area contributed by atoms with Crippen molar-refractivity contribution in [1.29, 1.82) is 0 Å². The fourth-order valence-electron chi connectivity index (χ4n) is 1.24. The molecule has 0 heterocycles. The first-order valence-electron chi connectivity index (χ1n) is 5.26. The normalized spacial score (nSPS) is 14.4. The Kier molecular flexibility index (Phi) is 6.97. The van der Waals surface area contributed by atoms with Crippen molar-refractivity contribution in [2.75, 3.05) is 6.54 Å². The molecule has 1 N–H and O–H groups in total. The molecule has 0 aliphatic carbocycles. The minimum Gasteiger partial charge on any atom is -0.314 e. The van der Waals surface area contributed by atoms with Crippen molar-refractivity contribution in [1.82, 2.24) is 5.32 Å². The molecule has 0 rings (SSSR count). The van der Waals surface area contributed by atoms with Crippen LogP contribution < -0.4 is 5.32 Å². The summed E-state index contributed by atoms with van der Waals surface area (Å²) in [5.41, 5.74) is 0. The van der Waals surface area contributed by atoms with Gasteiger partial charge < -0.3 is 5.32 Å². The molecule has 0 aliphatic heterocycles. The highest BCUT2D eigenvalue weighted by molar-refractivity contribution is 4.62. The van der Waals surface area contributed by atoms with E-state index in [4.69, 9.17) is 0 Å². The van der Waals surface area contributed by atoms with Crippen LogP contribution in [0, 0.1) is 0 Å². The Balaban J connectivity index is 3.31. The Morgan fingerprint density at radius 3 is 2.36 bits per heavy atom. The number of halogens is 3. The van der Waals surface area contributed by atoms with Gasteiger partial charge >= 0.3 is 6.18 Å². The molecule has 0 bridgehead atoms. The molecule has 0 spiro atoms. The predicted molar refractivity (Wildman–Crippen MR) is 52.3 cm³/mol. The number of rotatable bonds is 7. The lowest BCUT2D eigenvalue weighted by molar-refractivity contribution is -0.135. The Morgan fingerprint density at radius 2 is 1.86 bits per heavy atom. The second-order valence-corrected chi connectivity index (χ2v) is 3.72. The summed E-state index contributed by atoms with van der Waals surface area (Å²) in [5.74, 6) is 0. The van der Waals surface area contributed by atoms with Crippen molar-refractivity contribution in [3.63, 3.8) is 0 Å². The van der Waals surface area contributed by atoms with Gasteiger partial charge in [-0.05, 0) is 32.7 Å². The molecule has 1 nitrogen and oxygen atoms in total. The molecule has 0 fully saturated rings. The van der Waals surface area contributed by atoms with Gasteiger partial charge in [0.05, 0.1) is 0 Å². The van der Waals surface area contributed by atoms with E-state index in [0.29, 0.717) is 6.42 Å². The Bertz CT molecular complexity index is 134. The van der Waals surface area contributed by atoms with Gasteiger partial charge in [-0.2, -0.15) is 13.2 Å². The third kappa shape index (κ3) is 9.84. The monoisotopic (exact) mass is 211 g/mol. The maximum Gasteiger partial charge on any atom is 0.389 e. The number of nitrogens with one attached hydrogen (secondary N) is 1. The molecule has 0 aromatic rings. The number of alkyl halides is 3. The molecule has 1 unspecified atom stereocenters. The number of hydrogen-bond donors (Lipinski definition) is 1. The van der Waals surface area contributed by atoms with E-state index in [9.17, 15) is 13.2 Å². The first kappa shape index (κ1) is 13.8. The van der Waals surface area contributed by atoms with Crippen LogP contribution in [0.1, 0.15) is 46.0 Å². The van der Waals surface area contributed by atoms with Crippen molar-refractivity contribution < 1.29 is 13.2 Å². The number of unbranched alkanes of at least 4 members (excludes halogenated alkanes) is 1. The second kappa shape index (κ2) is 7.10. The lowest BCUT2D eigenvalue weighted by Gasteiger charge is -2.13. The fraction of sp³-hybridized carbons (Fsp3) is 1.00. The standard InChI is InChI=1S/C10H20F3N/c1-3-4-8-14-9(2)6-5-7-10(11,12)13/h9,14H,3-8H2,1-2H3. The van der Waals surface area contributed by atoms with Crippen LogP contribution in [0.3, 0.4) is 0 Å². The van der Waals surface area contributed by atoms with Crippen LogP contribution in [0.15, 0.2) is 0 Å².